The molecule has 174 valence electrons. The number of nitrogens with zero attached hydrogens (tertiary/aromatic N) is 7. The standard InChI is InChI=1S/C22H32N8S.HI/c1-18-26-27-20(30(18)4)17-25-22(29(3)15-11-21-23-13-16-31-21)24-12-8-14-28(2)19-9-6-5-7-10-19;/h5-7,9-10,13,16H,8,11-12,14-15,17H2,1-4H3,(H,24,25);1H. The maximum Gasteiger partial charge on any atom is 0.194 e. The van der Waals surface area contributed by atoms with E-state index >= 15 is 0 Å². The lowest BCUT2D eigenvalue weighted by Gasteiger charge is -2.23. The number of nitrogens with one attached hydrogen (secondary N) is 1. The average molecular weight is 569 g/mol. The van der Waals surface area contributed by atoms with E-state index in [4.69, 9.17) is 4.99 Å². The van der Waals surface area contributed by atoms with Crippen LogP contribution in [0.25, 0.3) is 0 Å². The van der Waals surface area contributed by atoms with E-state index in [9.17, 15) is 0 Å². The Balaban J connectivity index is 0.00000363. The van der Waals surface area contributed by atoms with Crippen LogP contribution in [-0.4, -0.2) is 64.3 Å². The summed E-state index contributed by atoms with van der Waals surface area (Å²) in [6.45, 7) is 5.10. The minimum atomic E-state index is 0. The molecule has 3 rings (SSSR count). The normalized spacial score (nSPS) is 11.2. The van der Waals surface area contributed by atoms with E-state index in [1.165, 1.54) is 5.69 Å². The van der Waals surface area contributed by atoms with E-state index in [-0.39, 0.29) is 24.0 Å². The summed E-state index contributed by atoms with van der Waals surface area (Å²) in [6.07, 6.45) is 3.76. The highest BCUT2D eigenvalue weighted by Crippen LogP contribution is 2.11. The molecule has 0 aliphatic rings. The van der Waals surface area contributed by atoms with Gasteiger partial charge in [-0.3, -0.25) is 0 Å². The smallest absolute Gasteiger partial charge is 0.194 e. The van der Waals surface area contributed by atoms with E-state index in [2.05, 4.69) is 68.7 Å². The lowest BCUT2D eigenvalue weighted by atomic mass is 10.3. The number of benzene rings is 1. The SMILES string of the molecule is Cc1nnc(CN=C(NCCCN(C)c2ccccc2)N(C)CCc2nccs2)n1C.I. The van der Waals surface area contributed by atoms with Gasteiger partial charge in [0.05, 0.1) is 5.01 Å². The zero-order valence-electron chi connectivity index (χ0n) is 19.2. The maximum atomic E-state index is 4.82. The predicted octanol–water partition coefficient (Wildman–Crippen LogP) is 3.34. The number of anilines is 1. The zero-order valence-corrected chi connectivity index (χ0v) is 22.4. The van der Waals surface area contributed by atoms with Gasteiger partial charge in [0.25, 0.3) is 0 Å². The van der Waals surface area contributed by atoms with Crippen molar-refractivity contribution in [1.29, 1.82) is 0 Å². The van der Waals surface area contributed by atoms with Gasteiger partial charge in [-0.15, -0.1) is 45.5 Å². The van der Waals surface area contributed by atoms with Crippen LogP contribution in [0.4, 0.5) is 5.69 Å². The van der Waals surface area contributed by atoms with Gasteiger partial charge >= 0.3 is 0 Å². The van der Waals surface area contributed by atoms with Crippen LogP contribution >= 0.6 is 35.3 Å². The molecule has 0 radical (unpaired) electrons. The van der Waals surface area contributed by atoms with E-state index in [1.54, 1.807) is 11.3 Å². The number of aromatic nitrogens is 4. The minimum absolute atomic E-state index is 0. The molecule has 2 aromatic heterocycles. The molecule has 0 unspecified atom stereocenters. The van der Waals surface area contributed by atoms with Crippen molar-refractivity contribution in [2.24, 2.45) is 12.0 Å². The van der Waals surface area contributed by atoms with Gasteiger partial charge in [-0.2, -0.15) is 0 Å². The molecule has 1 N–H and O–H groups in total. The number of rotatable bonds is 10. The van der Waals surface area contributed by atoms with Crippen LogP contribution in [0, 0.1) is 6.92 Å². The number of aryl methyl sites for hydroxylation is 1. The monoisotopic (exact) mass is 568 g/mol. The highest BCUT2D eigenvalue weighted by atomic mass is 127. The molecule has 0 aliphatic heterocycles. The van der Waals surface area contributed by atoms with E-state index in [0.717, 1.165) is 55.1 Å². The summed E-state index contributed by atoms with van der Waals surface area (Å²) in [4.78, 5) is 13.6. The number of likely N-dealkylation sites (N-methyl/N-ethyl adjacent to an activating group) is 1. The Kier molecular flexibility index (Phi) is 10.9. The predicted molar refractivity (Wildman–Crippen MR) is 143 cm³/mol. The number of hydrogen-bond acceptors (Lipinski definition) is 6. The Hall–Kier alpha value is -2.21. The molecular formula is C22H33IN8S. The van der Waals surface area contributed by atoms with Gasteiger partial charge < -0.3 is 19.7 Å². The van der Waals surface area contributed by atoms with E-state index in [1.807, 2.05) is 36.2 Å². The molecule has 10 heteroatoms. The third-order valence-electron chi connectivity index (χ3n) is 5.21. The number of thiazole rings is 1. The van der Waals surface area contributed by atoms with Crippen molar-refractivity contribution in [2.45, 2.75) is 26.3 Å². The molecule has 0 saturated carbocycles. The van der Waals surface area contributed by atoms with Gasteiger partial charge in [-0.05, 0) is 25.5 Å². The molecule has 2 heterocycles. The van der Waals surface area contributed by atoms with Crippen molar-refractivity contribution in [1.82, 2.24) is 30.0 Å². The summed E-state index contributed by atoms with van der Waals surface area (Å²) in [5.74, 6) is 2.62. The topological polar surface area (TPSA) is 74.5 Å². The first-order valence-corrected chi connectivity index (χ1v) is 11.4. The Morgan fingerprint density at radius 3 is 2.59 bits per heavy atom. The molecular weight excluding hydrogens is 535 g/mol. The first-order chi connectivity index (χ1) is 15.0. The van der Waals surface area contributed by atoms with Crippen LogP contribution < -0.4 is 10.2 Å². The summed E-state index contributed by atoms with van der Waals surface area (Å²) >= 11 is 1.69. The maximum absolute atomic E-state index is 4.82. The van der Waals surface area contributed by atoms with Crippen LogP contribution in [0.3, 0.4) is 0 Å². The van der Waals surface area contributed by atoms with Crippen molar-refractivity contribution >= 4 is 47.0 Å². The van der Waals surface area contributed by atoms with Gasteiger partial charge in [0.2, 0.25) is 0 Å². The highest BCUT2D eigenvalue weighted by Gasteiger charge is 2.10. The number of guanidine groups is 1. The first-order valence-electron chi connectivity index (χ1n) is 10.5. The van der Waals surface area contributed by atoms with Gasteiger partial charge in [-0.25, -0.2) is 9.98 Å². The summed E-state index contributed by atoms with van der Waals surface area (Å²) in [5.41, 5.74) is 1.23. The fraction of sp³-hybridized carbons (Fsp3) is 0.455. The van der Waals surface area contributed by atoms with Gasteiger partial charge in [0, 0.05) is 64.5 Å². The van der Waals surface area contributed by atoms with Crippen LogP contribution in [0.15, 0.2) is 46.9 Å². The molecule has 0 amide bonds. The van der Waals surface area contributed by atoms with Gasteiger partial charge in [0.1, 0.15) is 12.4 Å². The van der Waals surface area contributed by atoms with Crippen molar-refractivity contribution in [3.63, 3.8) is 0 Å². The number of halogens is 1. The second-order valence-corrected chi connectivity index (χ2v) is 8.48. The lowest BCUT2D eigenvalue weighted by Crippen LogP contribution is -2.41. The third-order valence-corrected chi connectivity index (χ3v) is 6.05. The molecule has 0 bridgehead atoms. The van der Waals surface area contributed by atoms with E-state index < -0.39 is 0 Å². The molecule has 0 atom stereocenters. The average Bonchev–Trinajstić information content (AvgIpc) is 3.42. The molecule has 0 spiro atoms. The quantitative estimate of drug-likeness (QED) is 0.175. The summed E-state index contributed by atoms with van der Waals surface area (Å²) < 4.78 is 1.98. The third kappa shape index (κ3) is 7.73. The molecule has 0 saturated heterocycles. The molecule has 32 heavy (non-hydrogen) atoms. The molecule has 1 aromatic carbocycles. The second kappa shape index (κ2) is 13.4. The van der Waals surface area contributed by atoms with E-state index in [0.29, 0.717) is 6.54 Å². The number of para-hydroxylation sites is 1. The summed E-state index contributed by atoms with van der Waals surface area (Å²) in [7, 11) is 6.16. The van der Waals surface area contributed by atoms with Crippen molar-refractivity contribution in [3.05, 3.63) is 58.6 Å². The summed E-state index contributed by atoms with van der Waals surface area (Å²) in [5, 5.41) is 15.0. The highest BCUT2D eigenvalue weighted by molar-refractivity contribution is 14.0. The Morgan fingerprint density at radius 1 is 1.16 bits per heavy atom. The van der Waals surface area contributed by atoms with Gasteiger partial charge in [0.15, 0.2) is 11.8 Å². The largest absolute Gasteiger partial charge is 0.375 e. The van der Waals surface area contributed by atoms with Gasteiger partial charge in [-0.1, -0.05) is 18.2 Å². The molecule has 8 nitrogen and oxygen atoms in total. The summed E-state index contributed by atoms with van der Waals surface area (Å²) in [6, 6.07) is 10.5. The lowest BCUT2D eigenvalue weighted by molar-refractivity contribution is 0.480. The van der Waals surface area contributed by atoms with Crippen molar-refractivity contribution in [3.8, 4) is 0 Å². The molecule has 0 fully saturated rings. The van der Waals surface area contributed by atoms with Crippen LogP contribution in [0.5, 0.6) is 0 Å². The number of hydrogen-bond donors (Lipinski definition) is 1. The van der Waals surface area contributed by atoms with Crippen LogP contribution in [0.1, 0.15) is 23.1 Å². The molecule has 0 aliphatic carbocycles. The van der Waals surface area contributed by atoms with Crippen molar-refractivity contribution in [2.75, 3.05) is 38.6 Å². The minimum Gasteiger partial charge on any atom is -0.375 e. The van der Waals surface area contributed by atoms with Crippen molar-refractivity contribution < 1.29 is 0 Å². The fourth-order valence-electron chi connectivity index (χ4n) is 3.12. The first kappa shape index (κ1) is 26.0. The second-order valence-electron chi connectivity index (χ2n) is 7.50. The van der Waals surface area contributed by atoms with Crippen LogP contribution in [0.2, 0.25) is 0 Å². The Bertz CT molecular complexity index is 942. The number of aliphatic imine (C=N–C) groups is 1. The Labute approximate surface area is 211 Å². The zero-order chi connectivity index (χ0) is 22.1. The molecule has 3 aromatic rings. The van der Waals surface area contributed by atoms with Crippen LogP contribution in [-0.2, 0) is 20.0 Å². The Morgan fingerprint density at radius 2 is 1.94 bits per heavy atom. The fourth-order valence-corrected chi connectivity index (χ4v) is 3.73.